The average Bonchev–Trinajstić information content (AvgIpc) is 2.64. The molecule has 1 aromatic heterocycles. The first-order valence-corrected chi connectivity index (χ1v) is 6.16. The molecule has 82 valence electrons. The number of hydrogen-bond donors (Lipinski definition) is 1. The predicted octanol–water partition coefficient (Wildman–Crippen LogP) is 1.88. The Morgan fingerprint density at radius 1 is 1.60 bits per heavy atom. The Labute approximate surface area is 93.9 Å². The van der Waals surface area contributed by atoms with Gasteiger partial charge < -0.3 is 5.32 Å². The summed E-state index contributed by atoms with van der Waals surface area (Å²) in [6.07, 6.45) is 2.71. The lowest BCUT2D eigenvalue weighted by atomic mass is 9.88. The van der Waals surface area contributed by atoms with E-state index in [0.29, 0.717) is 5.92 Å². The van der Waals surface area contributed by atoms with Crippen molar-refractivity contribution < 1.29 is 4.79 Å². The number of Topliss-reactive ketones (excluding diaryl/α,β-unsaturated/α-hetero) is 1. The molecule has 1 aromatic rings. The molecular formula is C11H16N2OS. The molecule has 0 aliphatic carbocycles. The SMILES string of the molecule is Cc1ncc(C(=O)C2CNCC(C)C2)s1. The van der Waals surface area contributed by atoms with Crippen LogP contribution in [0.15, 0.2) is 6.20 Å². The summed E-state index contributed by atoms with van der Waals surface area (Å²) in [6, 6.07) is 0. The van der Waals surface area contributed by atoms with Crippen molar-refractivity contribution in [2.24, 2.45) is 11.8 Å². The van der Waals surface area contributed by atoms with Crippen molar-refractivity contribution in [1.82, 2.24) is 10.3 Å². The van der Waals surface area contributed by atoms with Crippen LogP contribution in [0, 0.1) is 18.8 Å². The molecule has 0 aromatic carbocycles. The van der Waals surface area contributed by atoms with Gasteiger partial charge in [0.1, 0.15) is 0 Å². The van der Waals surface area contributed by atoms with Gasteiger partial charge in [-0.2, -0.15) is 0 Å². The number of carbonyl (C=O) groups excluding carboxylic acids is 1. The minimum absolute atomic E-state index is 0.147. The van der Waals surface area contributed by atoms with Crippen LogP contribution in [0.5, 0.6) is 0 Å². The second-order valence-corrected chi connectivity index (χ2v) is 5.54. The van der Waals surface area contributed by atoms with Gasteiger partial charge in [0.25, 0.3) is 0 Å². The van der Waals surface area contributed by atoms with Crippen LogP contribution in [0.4, 0.5) is 0 Å². The van der Waals surface area contributed by atoms with Gasteiger partial charge in [-0.1, -0.05) is 6.92 Å². The highest BCUT2D eigenvalue weighted by Gasteiger charge is 2.26. The molecule has 2 heterocycles. The van der Waals surface area contributed by atoms with Gasteiger partial charge >= 0.3 is 0 Å². The molecule has 1 aliphatic heterocycles. The highest BCUT2D eigenvalue weighted by Crippen LogP contribution is 2.23. The summed E-state index contributed by atoms with van der Waals surface area (Å²) in [6.45, 7) is 5.97. The van der Waals surface area contributed by atoms with Gasteiger partial charge in [0, 0.05) is 18.7 Å². The third-order valence-corrected chi connectivity index (χ3v) is 3.73. The fourth-order valence-corrected chi connectivity index (χ4v) is 2.83. The summed E-state index contributed by atoms with van der Waals surface area (Å²) >= 11 is 1.50. The monoisotopic (exact) mass is 224 g/mol. The van der Waals surface area contributed by atoms with Crippen LogP contribution >= 0.6 is 11.3 Å². The minimum atomic E-state index is 0.147. The lowest BCUT2D eigenvalue weighted by Gasteiger charge is -2.26. The molecule has 0 spiro atoms. The van der Waals surface area contributed by atoms with Gasteiger partial charge in [-0.25, -0.2) is 4.98 Å². The maximum absolute atomic E-state index is 12.1. The summed E-state index contributed by atoms with van der Waals surface area (Å²) in [7, 11) is 0. The van der Waals surface area contributed by atoms with Crippen molar-refractivity contribution in [3.05, 3.63) is 16.1 Å². The third-order valence-electron chi connectivity index (χ3n) is 2.81. The van der Waals surface area contributed by atoms with Crippen LogP contribution in [0.25, 0.3) is 0 Å². The van der Waals surface area contributed by atoms with E-state index in [-0.39, 0.29) is 11.7 Å². The van der Waals surface area contributed by atoms with Gasteiger partial charge in [-0.05, 0) is 25.8 Å². The number of aryl methyl sites for hydroxylation is 1. The topological polar surface area (TPSA) is 42.0 Å². The zero-order valence-corrected chi connectivity index (χ0v) is 9.93. The highest BCUT2D eigenvalue weighted by atomic mass is 32.1. The molecule has 2 atom stereocenters. The fraction of sp³-hybridized carbons (Fsp3) is 0.636. The summed E-state index contributed by atoms with van der Waals surface area (Å²) in [4.78, 5) is 17.0. The molecule has 0 amide bonds. The maximum Gasteiger partial charge on any atom is 0.178 e. The van der Waals surface area contributed by atoms with Crippen molar-refractivity contribution in [2.45, 2.75) is 20.3 Å². The molecule has 3 nitrogen and oxygen atoms in total. The van der Waals surface area contributed by atoms with E-state index in [1.807, 2.05) is 6.92 Å². The number of thiazole rings is 1. The second kappa shape index (κ2) is 4.41. The molecule has 1 fully saturated rings. The van der Waals surface area contributed by atoms with E-state index in [1.165, 1.54) is 11.3 Å². The highest BCUT2D eigenvalue weighted by molar-refractivity contribution is 7.13. The zero-order valence-electron chi connectivity index (χ0n) is 9.12. The first-order chi connectivity index (χ1) is 7.16. The van der Waals surface area contributed by atoms with Gasteiger partial charge in [-0.15, -0.1) is 11.3 Å². The first kappa shape index (κ1) is 10.8. The molecule has 0 radical (unpaired) electrons. The first-order valence-electron chi connectivity index (χ1n) is 5.34. The Balaban J connectivity index is 2.07. The molecule has 1 saturated heterocycles. The van der Waals surface area contributed by atoms with E-state index >= 15 is 0 Å². The van der Waals surface area contributed by atoms with E-state index in [1.54, 1.807) is 6.20 Å². The molecule has 1 aliphatic rings. The van der Waals surface area contributed by atoms with E-state index < -0.39 is 0 Å². The van der Waals surface area contributed by atoms with Gasteiger partial charge in [0.2, 0.25) is 0 Å². The normalized spacial score (nSPS) is 26.5. The Kier molecular flexibility index (Phi) is 3.17. The van der Waals surface area contributed by atoms with E-state index in [9.17, 15) is 4.79 Å². The summed E-state index contributed by atoms with van der Waals surface area (Å²) in [5, 5.41) is 4.27. The number of piperidine rings is 1. The van der Waals surface area contributed by atoms with Crippen molar-refractivity contribution in [3.8, 4) is 0 Å². The molecule has 1 N–H and O–H groups in total. The number of nitrogens with one attached hydrogen (secondary N) is 1. The lowest BCUT2D eigenvalue weighted by molar-refractivity contribution is 0.0886. The summed E-state index contributed by atoms with van der Waals surface area (Å²) in [5.41, 5.74) is 0. The Bertz CT molecular complexity index is 361. The number of nitrogens with zero attached hydrogens (tertiary/aromatic N) is 1. The number of ketones is 1. The number of hydrogen-bond acceptors (Lipinski definition) is 4. The predicted molar refractivity (Wildman–Crippen MR) is 61.3 cm³/mol. The standard InChI is InChI=1S/C11H16N2OS/c1-7-3-9(5-12-4-7)11(14)10-6-13-8(2)15-10/h6-7,9,12H,3-5H2,1-2H3. The molecule has 2 unspecified atom stereocenters. The van der Waals surface area contributed by atoms with Crippen molar-refractivity contribution in [1.29, 1.82) is 0 Å². The zero-order chi connectivity index (χ0) is 10.8. The van der Waals surface area contributed by atoms with Crippen LogP contribution in [0.2, 0.25) is 0 Å². The summed E-state index contributed by atoms with van der Waals surface area (Å²) in [5.74, 6) is 1.01. The average molecular weight is 224 g/mol. The number of aromatic nitrogens is 1. The largest absolute Gasteiger partial charge is 0.316 e. The lowest BCUT2D eigenvalue weighted by Crippen LogP contribution is -2.38. The molecular weight excluding hydrogens is 208 g/mol. The van der Waals surface area contributed by atoms with Crippen LogP contribution < -0.4 is 5.32 Å². The second-order valence-electron chi connectivity index (χ2n) is 4.30. The number of carbonyl (C=O) groups is 1. The van der Waals surface area contributed by atoms with E-state index in [0.717, 1.165) is 29.4 Å². The molecule has 0 bridgehead atoms. The van der Waals surface area contributed by atoms with Crippen molar-refractivity contribution >= 4 is 17.1 Å². The molecule has 0 saturated carbocycles. The van der Waals surface area contributed by atoms with Crippen molar-refractivity contribution in [2.75, 3.05) is 13.1 Å². The van der Waals surface area contributed by atoms with Crippen LogP contribution in [-0.4, -0.2) is 23.9 Å². The Morgan fingerprint density at radius 3 is 3.00 bits per heavy atom. The van der Waals surface area contributed by atoms with E-state index in [2.05, 4.69) is 17.2 Å². The Morgan fingerprint density at radius 2 is 2.40 bits per heavy atom. The summed E-state index contributed by atoms with van der Waals surface area (Å²) < 4.78 is 0. The van der Waals surface area contributed by atoms with Gasteiger partial charge in [-0.3, -0.25) is 4.79 Å². The molecule has 4 heteroatoms. The van der Waals surface area contributed by atoms with Gasteiger partial charge in [0.05, 0.1) is 9.88 Å². The fourth-order valence-electron chi connectivity index (χ4n) is 2.03. The smallest absolute Gasteiger partial charge is 0.178 e. The number of rotatable bonds is 2. The van der Waals surface area contributed by atoms with Crippen LogP contribution in [0.1, 0.15) is 28.0 Å². The van der Waals surface area contributed by atoms with Crippen LogP contribution in [-0.2, 0) is 0 Å². The minimum Gasteiger partial charge on any atom is -0.316 e. The quantitative estimate of drug-likeness (QED) is 0.780. The maximum atomic E-state index is 12.1. The van der Waals surface area contributed by atoms with Gasteiger partial charge in [0.15, 0.2) is 5.78 Å². The third kappa shape index (κ3) is 2.44. The molecule has 15 heavy (non-hydrogen) atoms. The van der Waals surface area contributed by atoms with Crippen molar-refractivity contribution in [3.63, 3.8) is 0 Å². The molecule has 2 rings (SSSR count). The Hall–Kier alpha value is -0.740. The van der Waals surface area contributed by atoms with Crippen LogP contribution in [0.3, 0.4) is 0 Å². The van der Waals surface area contributed by atoms with E-state index in [4.69, 9.17) is 0 Å².